The number of nitrogens with two attached hydrogens (primary N) is 1. The Morgan fingerprint density at radius 1 is 1.64 bits per heavy atom. The molecule has 0 bridgehead atoms. The van der Waals surface area contributed by atoms with Crippen LogP contribution in [-0.4, -0.2) is 22.2 Å². The quantitative estimate of drug-likeness (QED) is 0.543. The molecule has 0 amide bonds. The van der Waals surface area contributed by atoms with Gasteiger partial charge in [-0.05, 0) is 18.9 Å². The Kier molecular flexibility index (Phi) is 3.97. The van der Waals surface area contributed by atoms with Crippen molar-refractivity contribution in [2.75, 3.05) is 0 Å². The first-order chi connectivity index (χ1) is 6.67. The summed E-state index contributed by atoms with van der Waals surface area (Å²) in [5.74, 6) is 5.00. The molecule has 0 spiro atoms. The van der Waals surface area contributed by atoms with Crippen LogP contribution in [0.5, 0.6) is 0 Å². The largest absolute Gasteiger partial charge is 0.273 e. The molecule has 1 atom stereocenters. The Morgan fingerprint density at radius 2 is 2.36 bits per heavy atom. The van der Waals surface area contributed by atoms with Crippen LogP contribution in [-0.2, 0) is 13.0 Å². The van der Waals surface area contributed by atoms with Gasteiger partial charge in [0.15, 0.2) is 0 Å². The molecule has 0 aliphatic heterocycles. The zero-order valence-corrected chi connectivity index (χ0v) is 7.95. The van der Waals surface area contributed by atoms with Gasteiger partial charge in [0, 0.05) is 12.7 Å². The molecule has 6 heteroatoms. The number of hydrogen-bond acceptors (Lipinski definition) is 3. The molecular formula is C8H14F2N4. The summed E-state index contributed by atoms with van der Waals surface area (Å²) in [6.45, 7) is 2.66. The van der Waals surface area contributed by atoms with Gasteiger partial charge in [-0.15, -0.1) is 0 Å². The fraction of sp³-hybridized carbons (Fsp3) is 0.625. The molecule has 14 heavy (non-hydrogen) atoms. The minimum absolute atomic E-state index is 0.189. The molecule has 0 radical (unpaired) electrons. The highest BCUT2D eigenvalue weighted by Gasteiger charge is 2.19. The molecule has 1 rings (SSSR count). The molecule has 1 aromatic rings. The van der Waals surface area contributed by atoms with Gasteiger partial charge in [-0.25, -0.2) is 8.78 Å². The van der Waals surface area contributed by atoms with E-state index >= 15 is 0 Å². The fourth-order valence-corrected chi connectivity index (χ4v) is 1.16. The third kappa shape index (κ3) is 2.74. The van der Waals surface area contributed by atoms with Crippen LogP contribution >= 0.6 is 0 Å². The number of hydrogen-bond donors (Lipinski definition) is 2. The van der Waals surface area contributed by atoms with E-state index in [0.29, 0.717) is 0 Å². The lowest BCUT2D eigenvalue weighted by Crippen LogP contribution is -2.42. The zero-order chi connectivity index (χ0) is 10.6. The molecule has 0 aliphatic rings. The van der Waals surface area contributed by atoms with Gasteiger partial charge in [0.25, 0.3) is 6.43 Å². The molecule has 0 aromatic carbocycles. The average molecular weight is 204 g/mol. The third-order valence-corrected chi connectivity index (χ3v) is 1.98. The summed E-state index contributed by atoms with van der Waals surface area (Å²) < 4.78 is 26.3. The van der Waals surface area contributed by atoms with Crippen LogP contribution in [0.15, 0.2) is 12.4 Å². The summed E-state index contributed by atoms with van der Waals surface area (Å²) in [4.78, 5) is 0. The maximum Gasteiger partial charge on any atom is 0.255 e. The summed E-state index contributed by atoms with van der Waals surface area (Å²) in [5, 5.41) is 3.98. The minimum atomic E-state index is -2.47. The molecule has 0 saturated carbocycles. The van der Waals surface area contributed by atoms with Crippen LogP contribution in [0, 0.1) is 0 Å². The maximum absolute atomic E-state index is 12.3. The van der Waals surface area contributed by atoms with Gasteiger partial charge in [-0.2, -0.15) is 5.10 Å². The molecule has 0 saturated heterocycles. The minimum Gasteiger partial charge on any atom is -0.273 e. The number of nitrogens with one attached hydrogen (secondary N) is 1. The van der Waals surface area contributed by atoms with Gasteiger partial charge in [0.05, 0.1) is 12.2 Å². The standard InChI is InChI=1S/C8H14F2N4/c1-2-14-5-6(4-12-14)3-7(13-11)8(9)10/h4-5,7-8,13H,2-3,11H2,1H3. The van der Waals surface area contributed by atoms with Crippen LogP contribution in [0.1, 0.15) is 12.5 Å². The second kappa shape index (κ2) is 5.02. The van der Waals surface area contributed by atoms with Crippen LogP contribution in [0.2, 0.25) is 0 Å². The lowest BCUT2D eigenvalue weighted by Gasteiger charge is -2.12. The highest BCUT2D eigenvalue weighted by atomic mass is 19.3. The van der Waals surface area contributed by atoms with Crippen LogP contribution in [0.25, 0.3) is 0 Å². The van der Waals surface area contributed by atoms with Crippen molar-refractivity contribution in [1.82, 2.24) is 15.2 Å². The Morgan fingerprint density at radius 3 is 2.79 bits per heavy atom. The highest BCUT2D eigenvalue weighted by Crippen LogP contribution is 2.08. The summed E-state index contributed by atoms with van der Waals surface area (Å²) in [6, 6.07) is -1.01. The molecule has 0 fully saturated rings. The van der Waals surface area contributed by atoms with Crippen LogP contribution in [0.4, 0.5) is 8.78 Å². The van der Waals surface area contributed by atoms with Crippen molar-refractivity contribution in [3.8, 4) is 0 Å². The van der Waals surface area contributed by atoms with E-state index in [9.17, 15) is 8.78 Å². The van der Waals surface area contributed by atoms with Gasteiger partial charge in [-0.3, -0.25) is 16.0 Å². The van der Waals surface area contributed by atoms with Crippen molar-refractivity contribution in [3.05, 3.63) is 18.0 Å². The summed E-state index contributed by atoms with van der Waals surface area (Å²) in [6.07, 6.45) is 1.04. The van der Waals surface area contributed by atoms with E-state index in [4.69, 9.17) is 5.84 Å². The van der Waals surface area contributed by atoms with Crippen molar-refractivity contribution >= 4 is 0 Å². The monoisotopic (exact) mass is 204 g/mol. The number of rotatable bonds is 5. The normalized spacial score (nSPS) is 13.5. The van der Waals surface area contributed by atoms with Gasteiger partial charge in [0.2, 0.25) is 0 Å². The molecular weight excluding hydrogens is 190 g/mol. The van der Waals surface area contributed by atoms with Crippen molar-refractivity contribution in [2.45, 2.75) is 32.4 Å². The zero-order valence-electron chi connectivity index (χ0n) is 7.95. The molecule has 3 N–H and O–H groups in total. The fourth-order valence-electron chi connectivity index (χ4n) is 1.16. The van der Waals surface area contributed by atoms with E-state index in [1.54, 1.807) is 17.1 Å². The van der Waals surface area contributed by atoms with E-state index in [0.717, 1.165) is 12.1 Å². The second-order valence-corrected chi connectivity index (χ2v) is 3.02. The maximum atomic E-state index is 12.3. The summed E-state index contributed by atoms with van der Waals surface area (Å²) in [5.41, 5.74) is 2.85. The van der Waals surface area contributed by atoms with Crippen LogP contribution < -0.4 is 11.3 Å². The smallest absolute Gasteiger partial charge is 0.255 e. The number of aryl methyl sites for hydroxylation is 1. The van der Waals surface area contributed by atoms with E-state index in [1.807, 2.05) is 6.92 Å². The van der Waals surface area contributed by atoms with Crippen molar-refractivity contribution in [3.63, 3.8) is 0 Å². The molecule has 80 valence electrons. The number of alkyl halides is 2. The first kappa shape index (κ1) is 11.1. The SMILES string of the molecule is CCn1cc(CC(NN)C(F)F)cn1. The Labute approximate surface area is 81.1 Å². The van der Waals surface area contributed by atoms with Gasteiger partial charge in [-0.1, -0.05) is 0 Å². The molecule has 1 unspecified atom stereocenters. The van der Waals surface area contributed by atoms with Gasteiger partial charge < -0.3 is 0 Å². The predicted molar refractivity (Wildman–Crippen MR) is 48.7 cm³/mol. The number of hydrazine groups is 1. The Bertz CT molecular complexity index is 274. The molecule has 0 aliphatic carbocycles. The van der Waals surface area contributed by atoms with E-state index in [-0.39, 0.29) is 6.42 Å². The number of halogens is 2. The number of nitrogens with zero attached hydrogens (tertiary/aromatic N) is 2. The first-order valence-electron chi connectivity index (χ1n) is 4.43. The van der Waals surface area contributed by atoms with Crippen molar-refractivity contribution in [2.24, 2.45) is 5.84 Å². The van der Waals surface area contributed by atoms with Gasteiger partial charge in [0.1, 0.15) is 0 Å². The lowest BCUT2D eigenvalue weighted by molar-refractivity contribution is 0.0984. The average Bonchev–Trinajstić information content (AvgIpc) is 2.61. The topological polar surface area (TPSA) is 55.9 Å². The molecule has 1 aromatic heterocycles. The Hall–Kier alpha value is -1.01. The predicted octanol–water partition coefficient (Wildman–Crippen LogP) is 0.542. The van der Waals surface area contributed by atoms with Crippen LogP contribution in [0.3, 0.4) is 0 Å². The third-order valence-electron chi connectivity index (χ3n) is 1.98. The van der Waals surface area contributed by atoms with Gasteiger partial charge >= 0.3 is 0 Å². The Balaban J connectivity index is 2.57. The second-order valence-electron chi connectivity index (χ2n) is 3.02. The highest BCUT2D eigenvalue weighted by molar-refractivity contribution is 5.06. The summed E-state index contributed by atoms with van der Waals surface area (Å²) >= 11 is 0. The van der Waals surface area contributed by atoms with Crippen molar-refractivity contribution in [1.29, 1.82) is 0 Å². The first-order valence-corrected chi connectivity index (χ1v) is 4.43. The van der Waals surface area contributed by atoms with E-state index in [1.165, 1.54) is 0 Å². The summed E-state index contributed by atoms with van der Waals surface area (Å²) in [7, 11) is 0. The number of aromatic nitrogens is 2. The lowest BCUT2D eigenvalue weighted by atomic mass is 10.1. The van der Waals surface area contributed by atoms with E-state index in [2.05, 4.69) is 10.5 Å². The molecule has 4 nitrogen and oxygen atoms in total. The van der Waals surface area contributed by atoms with Crippen molar-refractivity contribution < 1.29 is 8.78 Å². The molecule has 1 heterocycles. The van der Waals surface area contributed by atoms with E-state index < -0.39 is 12.5 Å².